The number of ether oxygens (including phenoxy) is 1. The Labute approximate surface area is 120 Å². The van der Waals surface area contributed by atoms with Crippen molar-refractivity contribution in [3.63, 3.8) is 0 Å². The molecule has 2 atom stereocenters. The van der Waals surface area contributed by atoms with Crippen LogP contribution in [0.4, 0.5) is 0 Å². The Morgan fingerprint density at radius 3 is 2.68 bits per heavy atom. The third-order valence-electron chi connectivity index (χ3n) is 3.92. The van der Waals surface area contributed by atoms with E-state index in [0.717, 1.165) is 37.4 Å². The number of amides is 1. The van der Waals surface area contributed by atoms with Crippen molar-refractivity contribution in [2.24, 2.45) is 11.7 Å². The lowest BCUT2D eigenvalue weighted by molar-refractivity contribution is -0.124. The highest BCUT2D eigenvalue weighted by atomic mass is 32.2. The van der Waals surface area contributed by atoms with Gasteiger partial charge >= 0.3 is 0 Å². The maximum atomic E-state index is 12.0. The van der Waals surface area contributed by atoms with Gasteiger partial charge in [-0.25, -0.2) is 0 Å². The molecule has 2 fully saturated rings. The van der Waals surface area contributed by atoms with Gasteiger partial charge in [0.1, 0.15) is 5.54 Å². The summed E-state index contributed by atoms with van der Waals surface area (Å²) in [5, 5.41) is 3.44. The van der Waals surface area contributed by atoms with Gasteiger partial charge in [-0.3, -0.25) is 4.79 Å². The molecule has 0 aromatic heterocycles. The van der Waals surface area contributed by atoms with E-state index in [2.05, 4.69) is 19.2 Å². The molecule has 1 saturated carbocycles. The van der Waals surface area contributed by atoms with Crippen molar-refractivity contribution >= 4 is 17.7 Å². The van der Waals surface area contributed by atoms with Gasteiger partial charge in [0.2, 0.25) is 5.91 Å². The van der Waals surface area contributed by atoms with E-state index < -0.39 is 5.54 Å². The first-order valence-electron chi connectivity index (χ1n) is 7.31. The number of hydrogen-bond donors (Lipinski definition) is 2. The summed E-state index contributed by atoms with van der Waals surface area (Å²) in [6.45, 7) is 5.04. The maximum absolute atomic E-state index is 12.0. The van der Waals surface area contributed by atoms with Gasteiger partial charge in [-0.1, -0.05) is 0 Å². The zero-order chi connectivity index (χ0) is 13.9. The van der Waals surface area contributed by atoms with Gasteiger partial charge in [0.05, 0.1) is 6.10 Å². The highest BCUT2D eigenvalue weighted by molar-refractivity contribution is 7.99. The van der Waals surface area contributed by atoms with Crippen LogP contribution in [0.3, 0.4) is 0 Å². The Morgan fingerprint density at radius 1 is 1.47 bits per heavy atom. The van der Waals surface area contributed by atoms with Crippen LogP contribution in [0.25, 0.3) is 0 Å². The maximum Gasteiger partial charge on any atom is 0.238 e. The normalized spacial score (nSPS) is 26.6. The fourth-order valence-electron chi connectivity index (χ4n) is 2.84. The molecular weight excluding hydrogens is 260 g/mol. The van der Waals surface area contributed by atoms with Gasteiger partial charge < -0.3 is 15.8 Å². The van der Waals surface area contributed by atoms with Gasteiger partial charge in [0, 0.05) is 24.2 Å². The number of carbonyl (C=O) groups excluding carboxylic acids is 1. The average Bonchev–Trinajstić information content (AvgIpc) is 3.06. The fourth-order valence-corrected chi connectivity index (χ4v) is 4.27. The highest BCUT2D eigenvalue weighted by Gasteiger charge is 2.49. The van der Waals surface area contributed by atoms with E-state index in [4.69, 9.17) is 10.5 Å². The molecule has 0 spiro atoms. The lowest BCUT2D eigenvalue weighted by Gasteiger charge is -2.34. The first-order valence-corrected chi connectivity index (χ1v) is 8.47. The molecule has 2 aliphatic rings. The highest BCUT2D eigenvalue weighted by Crippen LogP contribution is 2.42. The third kappa shape index (κ3) is 3.86. The van der Waals surface area contributed by atoms with E-state index in [1.165, 1.54) is 6.42 Å². The molecule has 110 valence electrons. The molecule has 19 heavy (non-hydrogen) atoms. The van der Waals surface area contributed by atoms with Crippen LogP contribution in [0.5, 0.6) is 0 Å². The first-order chi connectivity index (χ1) is 9.04. The molecule has 5 heteroatoms. The summed E-state index contributed by atoms with van der Waals surface area (Å²) in [5.74, 6) is 1.97. The Kier molecular flexibility index (Phi) is 5.15. The molecule has 1 aliphatic carbocycles. The van der Waals surface area contributed by atoms with Crippen LogP contribution in [0.15, 0.2) is 0 Å². The lowest BCUT2D eigenvalue weighted by Crippen LogP contribution is -2.61. The lowest BCUT2D eigenvalue weighted by atomic mass is 9.93. The molecule has 1 heterocycles. The van der Waals surface area contributed by atoms with Gasteiger partial charge in [-0.2, -0.15) is 11.8 Å². The van der Waals surface area contributed by atoms with E-state index in [0.29, 0.717) is 12.0 Å². The van der Waals surface area contributed by atoms with E-state index in [-0.39, 0.29) is 11.9 Å². The summed E-state index contributed by atoms with van der Waals surface area (Å²) in [7, 11) is 0. The number of carbonyl (C=O) groups is 1. The number of rotatable bonds is 8. The van der Waals surface area contributed by atoms with E-state index in [1.54, 1.807) is 0 Å². The van der Waals surface area contributed by atoms with Crippen LogP contribution >= 0.6 is 11.8 Å². The van der Waals surface area contributed by atoms with Gasteiger partial charge in [-0.15, -0.1) is 0 Å². The smallest absolute Gasteiger partial charge is 0.238 e. The number of nitrogens with one attached hydrogen (secondary N) is 1. The molecule has 4 nitrogen and oxygen atoms in total. The zero-order valence-electron chi connectivity index (χ0n) is 12.0. The molecule has 2 rings (SSSR count). The fraction of sp³-hybridized carbons (Fsp3) is 0.929. The quantitative estimate of drug-likeness (QED) is 0.710. The van der Waals surface area contributed by atoms with Crippen molar-refractivity contribution in [1.82, 2.24) is 5.32 Å². The van der Waals surface area contributed by atoms with Crippen molar-refractivity contribution in [3.8, 4) is 0 Å². The van der Waals surface area contributed by atoms with Crippen LogP contribution in [0.2, 0.25) is 0 Å². The summed E-state index contributed by atoms with van der Waals surface area (Å²) in [6, 6.07) is 0.274. The number of hydrogen-bond acceptors (Lipinski definition) is 4. The topological polar surface area (TPSA) is 64.3 Å². The molecule has 0 radical (unpaired) electrons. The minimum atomic E-state index is -0.516. The zero-order valence-corrected chi connectivity index (χ0v) is 12.8. The van der Waals surface area contributed by atoms with Gasteiger partial charge in [-0.05, 0) is 45.4 Å². The summed E-state index contributed by atoms with van der Waals surface area (Å²) in [4.78, 5) is 12.0. The second kappa shape index (κ2) is 6.46. The van der Waals surface area contributed by atoms with Gasteiger partial charge in [0.15, 0.2) is 0 Å². The van der Waals surface area contributed by atoms with E-state index in [9.17, 15) is 4.79 Å². The summed E-state index contributed by atoms with van der Waals surface area (Å²) >= 11 is 1.81. The molecule has 2 unspecified atom stereocenters. The standard InChI is InChI=1S/C14H26N2O2S/c1-10(2)16-14(13(15)17,11-5-6-11)9-19-8-12-4-3-7-18-12/h10-12,16H,3-9H2,1-2H3,(H2,15,17). The first kappa shape index (κ1) is 15.1. The summed E-state index contributed by atoms with van der Waals surface area (Å²) in [6.07, 6.45) is 4.91. The number of primary amides is 1. The monoisotopic (exact) mass is 286 g/mol. The van der Waals surface area contributed by atoms with Crippen LogP contribution < -0.4 is 11.1 Å². The molecule has 1 saturated heterocycles. The largest absolute Gasteiger partial charge is 0.377 e. The van der Waals surface area contributed by atoms with Crippen LogP contribution in [-0.4, -0.2) is 41.7 Å². The SMILES string of the molecule is CC(C)NC(CSCC1CCCO1)(C(N)=O)C1CC1. The molecule has 0 aromatic carbocycles. The average molecular weight is 286 g/mol. The second-order valence-electron chi connectivity index (χ2n) is 6.06. The van der Waals surface area contributed by atoms with Crippen LogP contribution in [0, 0.1) is 5.92 Å². The summed E-state index contributed by atoms with van der Waals surface area (Å²) in [5.41, 5.74) is 5.19. The van der Waals surface area contributed by atoms with Crippen molar-refractivity contribution < 1.29 is 9.53 Å². The van der Waals surface area contributed by atoms with Gasteiger partial charge in [0.25, 0.3) is 0 Å². The number of thioether (sulfide) groups is 1. The minimum absolute atomic E-state index is 0.191. The Morgan fingerprint density at radius 2 is 2.21 bits per heavy atom. The van der Waals surface area contributed by atoms with E-state index >= 15 is 0 Å². The third-order valence-corrected chi connectivity index (χ3v) is 5.18. The predicted octanol–water partition coefficient (Wildman–Crippen LogP) is 1.53. The molecule has 3 N–H and O–H groups in total. The molecular formula is C14H26N2O2S. The van der Waals surface area contributed by atoms with Crippen molar-refractivity contribution in [3.05, 3.63) is 0 Å². The molecule has 1 amide bonds. The predicted molar refractivity (Wildman–Crippen MR) is 79.2 cm³/mol. The van der Waals surface area contributed by atoms with Crippen LogP contribution in [0.1, 0.15) is 39.5 Å². The molecule has 0 aromatic rings. The summed E-state index contributed by atoms with van der Waals surface area (Å²) < 4.78 is 5.63. The number of nitrogens with two attached hydrogens (primary N) is 1. The van der Waals surface area contributed by atoms with Crippen molar-refractivity contribution in [1.29, 1.82) is 0 Å². The Hall–Kier alpha value is -0.260. The Bertz CT molecular complexity index is 315. The molecule has 0 bridgehead atoms. The Balaban J connectivity index is 1.90. The molecule has 1 aliphatic heterocycles. The minimum Gasteiger partial charge on any atom is -0.377 e. The second-order valence-corrected chi connectivity index (χ2v) is 7.09. The van der Waals surface area contributed by atoms with Crippen molar-refractivity contribution in [2.75, 3.05) is 18.1 Å². The van der Waals surface area contributed by atoms with E-state index in [1.807, 2.05) is 11.8 Å². The van der Waals surface area contributed by atoms with Crippen molar-refractivity contribution in [2.45, 2.75) is 57.2 Å². The van der Waals surface area contributed by atoms with Crippen LogP contribution in [-0.2, 0) is 9.53 Å².